The van der Waals surface area contributed by atoms with Crippen molar-refractivity contribution in [3.05, 3.63) is 54.0 Å². The predicted molar refractivity (Wildman–Crippen MR) is 108 cm³/mol. The van der Waals surface area contributed by atoms with Crippen molar-refractivity contribution in [2.24, 2.45) is 0 Å². The summed E-state index contributed by atoms with van der Waals surface area (Å²) < 4.78 is 10.6. The molecule has 8 heteroatoms. The molecular formula is C21H24N2O5S. The van der Waals surface area contributed by atoms with E-state index in [1.54, 1.807) is 54.5 Å². The topological polar surface area (TPSA) is 88.9 Å². The molecule has 7 nitrogen and oxygen atoms in total. The first-order valence-electron chi connectivity index (χ1n) is 9.55. The Hall–Kier alpha value is -2.74. The Morgan fingerprint density at radius 2 is 1.93 bits per heavy atom. The molecule has 1 aromatic carbocycles. The Morgan fingerprint density at radius 1 is 1.17 bits per heavy atom. The predicted octanol–water partition coefficient (Wildman–Crippen LogP) is 2.86. The number of hydrogen-bond acceptors (Lipinski definition) is 6. The van der Waals surface area contributed by atoms with Crippen LogP contribution < -0.4 is 5.32 Å². The molecule has 2 amide bonds. The highest BCUT2D eigenvalue weighted by molar-refractivity contribution is 8.00. The molecule has 0 aliphatic carbocycles. The Bertz CT molecular complexity index is 847. The number of likely N-dealkylation sites (tertiary alicyclic amines) is 1. The average molecular weight is 416 g/mol. The van der Waals surface area contributed by atoms with Crippen molar-refractivity contribution in [2.45, 2.75) is 37.3 Å². The zero-order valence-corrected chi connectivity index (χ0v) is 17.1. The van der Waals surface area contributed by atoms with Crippen LogP contribution >= 0.6 is 11.8 Å². The first kappa shape index (κ1) is 21.0. The van der Waals surface area contributed by atoms with Gasteiger partial charge in [-0.25, -0.2) is 4.79 Å². The molecule has 1 atom stereocenters. The van der Waals surface area contributed by atoms with Crippen LogP contribution in [0.15, 0.2) is 52.0 Å². The second-order valence-corrected chi connectivity index (χ2v) is 7.74. The number of furan rings is 1. The molecule has 1 aliphatic rings. The van der Waals surface area contributed by atoms with Crippen molar-refractivity contribution < 1.29 is 23.5 Å². The fourth-order valence-electron chi connectivity index (χ4n) is 3.02. The van der Waals surface area contributed by atoms with Gasteiger partial charge in [0.05, 0.1) is 24.1 Å². The van der Waals surface area contributed by atoms with Crippen LogP contribution in [0, 0.1) is 0 Å². The van der Waals surface area contributed by atoms with Gasteiger partial charge in [0.2, 0.25) is 5.91 Å². The fraction of sp³-hybridized carbons (Fsp3) is 0.381. The van der Waals surface area contributed by atoms with Gasteiger partial charge in [-0.05, 0) is 44.0 Å². The maximum atomic E-state index is 12.6. The van der Waals surface area contributed by atoms with Gasteiger partial charge < -0.3 is 19.4 Å². The van der Waals surface area contributed by atoms with E-state index < -0.39 is 12.1 Å². The Kier molecular flexibility index (Phi) is 7.35. The maximum Gasteiger partial charge on any atom is 0.340 e. The Morgan fingerprint density at radius 3 is 2.66 bits per heavy atom. The second-order valence-electron chi connectivity index (χ2n) is 6.72. The summed E-state index contributed by atoms with van der Waals surface area (Å²) in [4.78, 5) is 39.4. The number of ether oxygens (including phenoxy) is 1. The molecule has 2 aromatic rings. The molecule has 0 unspecified atom stereocenters. The number of hydrogen-bond donors (Lipinski definition) is 1. The third-order valence-corrected chi connectivity index (χ3v) is 5.63. The minimum atomic E-state index is -0.838. The largest absolute Gasteiger partial charge is 0.467 e. The highest BCUT2D eigenvalue weighted by atomic mass is 32.2. The van der Waals surface area contributed by atoms with Crippen molar-refractivity contribution in [3.8, 4) is 0 Å². The lowest BCUT2D eigenvalue weighted by Gasteiger charge is -2.20. The first-order chi connectivity index (χ1) is 14.0. The lowest BCUT2D eigenvalue weighted by molar-refractivity contribution is -0.138. The molecule has 0 bridgehead atoms. The summed E-state index contributed by atoms with van der Waals surface area (Å²) in [6, 6.07) is 10.5. The van der Waals surface area contributed by atoms with Crippen LogP contribution in [0.1, 0.15) is 35.9 Å². The molecule has 1 fully saturated rings. The number of nitrogens with one attached hydrogen (secondary N) is 1. The van der Waals surface area contributed by atoms with Gasteiger partial charge in [-0.15, -0.1) is 11.8 Å². The van der Waals surface area contributed by atoms with Crippen LogP contribution in [-0.2, 0) is 20.9 Å². The molecule has 1 N–H and O–H groups in total. The molecule has 1 aliphatic heterocycles. The summed E-state index contributed by atoms with van der Waals surface area (Å²) in [7, 11) is 0. The van der Waals surface area contributed by atoms with E-state index in [0.717, 1.165) is 12.8 Å². The molecule has 0 radical (unpaired) electrons. The van der Waals surface area contributed by atoms with Crippen molar-refractivity contribution in [1.29, 1.82) is 0 Å². The van der Waals surface area contributed by atoms with E-state index in [4.69, 9.17) is 9.15 Å². The van der Waals surface area contributed by atoms with E-state index in [1.807, 2.05) is 0 Å². The van der Waals surface area contributed by atoms with Crippen LogP contribution in [0.25, 0.3) is 0 Å². The minimum Gasteiger partial charge on any atom is -0.467 e. The minimum absolute atomic E-state index is 0.146. The van der Waals surface area contributed by atoms with Gasteiger partial charge in [0.1, 0.15) is 5.76 Å². The lowest BCUT2D eigenvalue weighted by Crippen LogP contribution is -2.38. The van der Waals surface area contributed by atoms with Gasteiger partial charge in [0.15, 0.2) is 6.10 Å². The van der Waals surface area contributed by atoms with Crippen LogP contribution in [-0.4, -0.2) is 47.6 Å². The lowest BCUT2D eigenvalue weighted by atomic mass is 10.2. The highest BCUT2D eigenvalue weighted by Gasteiger charge is 2.27. The Labute approximate surface area is 173 Å². The summed E-state index contributed by atoms with van der Waals surface area (Å²) in [6.07, 6.45) is 2.67. The number of thioether (sulfide) groups is 1. The molecule has 0 saturated carbocycles. The SMILES string of the molecule is C[C@H](OC(=O)c1ccccc1SCC(=O)NCc1ccco1)C(=O)N1CCCC1. The number of esters is 1. The van der Waals surface area contributed by atoms with Gasteiger partial charge >= 0.3 is 5.97 Å². The normalized spacial score (nSPS) is 14.4. The summed E-state index contributed by atoms with van der Waals surface area (Å²) in [5.41, 5.74) is 0.345. The molecule has 0 spiro atoms. The van der Waals surface area contributed by atoms with Gasteiger partial charge in [-0.2, -0.15) is 0 Å². The number of benzene rings is 1. The molecule has 1 aromatic heterocycles. The Balaban J connectivity index is 1.54. The van der Waals surface area contributed by atoms with Crippen molar-refractivity contribution in [3.63, 3.8) is 0 Å². The van der Waals surface area contributed by atoms with E-state index in [9.17, 15) is 14.4 Å². The fourth-order valence-corrected chi connectivity index (χ4v) is 3.89. The maximum absolute atomic E-state index is 12.6. The first-order valence-corrected chi connectivity index (χ1v) is 10.5. The molecule has 3 rings (SSSR count). The average Bonchev–Trinajstić information content (AvgIpc) is 3.44. The van der Waals surface area contributed by atoms with Crippen LogP contribution in [0.5, 0.6) is 0 Å². The van der Waals surface area contributed by atoms with Gasteiger partial charge in [0.25, 0.3) is 5.91 Å². The van der Waals surface area contributed by atoms with Crippen molar-refractivity contribution in [1.82, 2.24) is 10.2 Å². The number of rotatable bonds is 8. The van der Waals surface area contributed by atoms with E-state index in [-0.39, 0.29) is 17.6 Å². The summed E-state index contributed by atoms with van der Waals surface area (Å²) >= 11 is 1.24. The van der Waals surface area contributed by atoms with Gasteiger partial charge in [0, 0.05) is 18.0 Å². The summed E-state index contributed by atoms with van der Waals surface area (Å²) in [5, 5.41) is 2.76. The number of carbonyl (C=O) groups excluding carboxylic acids is 3. The summed E-state index contributed by atoms with van der Waals surface area (Å²) in [5.74, 6) is -0.0913. The highest BCUT2D eigenvalue weighted by Crippen LogP contribution is 2.24. The van der Waals surface area contributed by atoms with E-state index in [1.165, 1.54) is 11.8 Å². The smallest absolute Gasteiger partial charge is 0.340 e. The standard InChI is InChI=1S/C21H24N2O5S/c1-15(20(25)23-10-4-5-11-23)28-21(26)17-8-2-3-9-18(17)29-14-19(24)22-13-16-7-6-12-27-16/h2-3,6-9,12,15H,4-5,10-11,13-14H2,1H3,(H,22,24)/t15-/m0/s1. The number of nitrogens with zero attached hydrogens (tertiary/aromatic N) is 1. The third-order valence-electron chi connectivity index (χ3n) is 4.55. The second kappa shape index (κ2) is 10.2. The molecule has 1 saturated heterocycles. The third kappa shape index (κ3) is 5.87. The van der Waals surface area contributed by atoms with Gasteiger partial charge in [-0.3, -0.25) is 9.59 Å². The van der Waals surface area contributed by atoms with E-state index in [2.05, 4.69) is 5.32 Å². The van der Waals surface area contributed by atoms with Crippen molar-refractivity contribution >= 4 is 29.5 Å². The van der Waals surface area contributed by atoms with E-state index in [0.29, 0.717) is 35.9 Å². The zero-order chi connectivity index (χ0) is 20.6. The van der Waals surface area contributed by atoms with Gasteiger partial charge in [-0.1, -0.05) is 12.1 Å². The zero-order valence-electron chi connectivity index (χ0n) is 16.3. The van der Waals surface area contributed by atoms with Crippen LogP contribution in [0.3, 0.4) is 0 Å². The molecular weight excluding hydrogens is 392 g/mol. The van der Waals surface area contributed by atoms with Crippen LogP contribution in [0.4, 0.5) is 0 Å². The summed E-state index contributed by atoms with van der Waals surface area (Å²) in [6.45, 7) is 3.32. The monoisotopic (exact) mass is 416 g/mol. The molecule has 2 heterocycles. The van der Waals surface area contributed by atoms with Crippen LogP contribution in [0.2, 0.25) is 0 Å². The molecule has 29 heavy (non-hydrogen) atoms. The van der Waals surface area contributed by atoms with E-state index >= 15 is 0 Å². The molecule has 154 valence electrons. The number of amides is 2. The van der Waals surface area contributed by atoms with Crippen molar-refractivity contribution in [2.75, 3.05) is 18.8 Å². The quantitative estimate of drug-likeness (QED) is 0.526. The number of carbonyl (C=O) groups is 3.